The number of imidazole rings is 1. The van der Waals surface area contributed by atoms with Gasteiger partial charge in [-0.3, -0.25) is 9.97 Å². The molecule has 0 radical (unpaired) electrons. The van der Waals surface area contributed by atoms with Gasteiger partial charge in [0.15, 0.2) is 0 Å². The highest BCUT2D eigenvalue weighted by atomic mass is 32.2. The first-order chi connectivity index (χ1) is 16.2. The van der Waals surface area contributed by atoms with Crippen LogP contribution < -0.4 is 0 Å². The van der Waals surface area contributed by atoms with Crippen LogP contribution in [0, 0.1) is 12.8 Å². The molecule has 1 unspecified atom stereocenters. The van der Waals surface area contributed by atoms with Crippen molar-refractivity contribution in [2.75, 3.05) is 7.05 Å². The van der Waals surface area contributed by atoms with Crippen molar-refractivity contribution in [1.82, 2.24) is 24.2 Å². The fraction of sp³-hybridized carbons (Fsp3) is 0.346. The lowest BCUT2D eigenvalue weighted by atomic mass is 9.98. The Morgan fingerprint density at radius 3 is 2.47 bits per heavy atom. The van der Waals surface area contributed by atoms with Gasteiger partial charge in [-0.15, -0.1) is 0 Å². The molecule has 3 heterocycles. The van der Waals surface area contributed by atoms with E-state index in [0.717, 1.165) is 40.1 Å². The summed E-state index contributed by atoms with van der Waals surface area (Å²) in [7, 11) is -1.97. The van der Waals surface area contributed by atoms with Gasteiger partial charge in [0.2, 0.25) is 10.0 Å². The minimum absolute atomic E-state index is 0.154. The van der Waals surface area contributed by atoms with Crippen LogP contribution in [-0.2, 0) is 22.9 Å². The molecular weight excluding hydrogens is 446 g/mol. The first-order valence-corrected chi connectivity index (χ1v) is 12.9. The van der Waals surface area contributed by atoms with E-state index in [9.17, 15) is 8.42 Å². The molecule has 0 spiro atoms. The van der Waals surface area contributed by atoms with Gasteiger partial charge in [0.05, 0.1) is 16.1 Å². The highest BCUT2D eigenvalue weighted by Gasteiger charge is 2.29. The number of nitrogens with zero attached hydrogens (tertiary/aromatic N) is 4. The number of hydrogen-bond donors (Lipinski definition) is 1. The number of hydrogen-bond acceptors (Lipinski definition) is 5. The van der Waals surface area contributed by atoms with E-state index >= 15 is 0 Å². The topological polar surface area (TPSA) is 91.8 Å². The van der Waals surface area contributed by atoms with Gasteiger partial charge in [-0.25, -0.2) is 13.4 Å². The van der Waals surface area contributed by atoms with E-state index in [-0.39, 0.29) is 6.04 Å². The second-order valence-corrected chi connectivity index (χ2v) is 11.2. The zero-order valence-electron chi connectivity index (χ0n) is 20.1. The van der Waals surface area contributed by atoms with Gasteiger partial charge in [0, 0.05) is 38.1 Å². The van der Waals surface area contributed by atoms with E-state index in [2.05, 4.69) is 33.8 Å². The number of fused-ring (bicyclic) bond motifs is 1. The van der Waals surface area contributed by atoms with Crippen LogP contribution in [0.5, 0.6) is 0 Å². The van der Waals surface area contributed by atoms with E-state index in [4.69, 9.17) is 0 Å². The first-order valence-electron chi connectivity index (χ1n) is 11.5. The Kier molecular flexibility index (Phi) is 7.09. The average Bonchev–Trinajstić information content (AvgIpc) is 3.20. The molecule has 0 saturated carbocycles. The van der Waals surface area contributed by atoms with Crippen LogP contribution in [0.25, 0.3) is 11.0 Å². The second-order valence-electron chi connectivity index (χ2n) is 9.17. The zero-order valence-corrected chi connectivity index (χ0v) is 20.9. The number of likely N-dealkylation sites (N-methyl/N-ethyl adjacent to an activating group) is 1. The second kappa shape index (κ2) is 10.0. The maximum atomic E-state index is 13.5. The molecule has 1 atom stereocenters. The molecule has 0 aliphatic heterocycles. The summed E-state index contributed by atoms with van der Waals surface area (Å²) >= 11 is 0. The predicted octanol–water partition coefficient (Wildman–Crippen LogP) is 4.53. The van der Waals surface area contributed by atoms with Gasteiger partial charge >= 0.3 is 0 Å². The van der Waals surface area contributed by atoms with Crippen molar-refractivity contribution >= 4 is 21.1 Å². The lowest BCUT2D eigenvalue weighted by Gasteiger charge is -2.29. The SMILES string of the molecule is Cc1nc2c(Cc3ccc(S(=O)(=O)N(C)C(Cc4cccnc4)CC(C)C)cc3)nccc2[nH]1. The van der Waals surface area contributed by atoms with Crippen molar-refractivity contribution in [3.8, 4) is 0 Å². The quantitative estimate of drug-likeness (QED) is 0.382. The Morgan fingerprint density at radius 2 is 1.79 bits per heavy atom. The molecule has 0 aliphatic carbocycles. The van der Waals surface area contributed by atoms with Crippen molar-refractivity contribution in [1.29, 1.82) is 0 Å². The van der Waals surface area contributed by atoms with Gasteiger partial charge in [-0.2, -0.15) is 4.31 Å². The molecule has 1 N–H and O–H groups in total. The van der Waals surface area contributed by atoms with Gasteiger partial charge in [-0.1, -0.05) is 32.0 Å². The average molecular weight is 478 g/mol. The largest absolute Gasteiger partial charge is 0.342 e. The molecule has 0 saturated heterocycles. The number of aryl methyl sites for hydroxylation is 1. The van der Waals surface area contributed by atoms with Crippen molar-refractivity contribution in [3.05, 3.63) is 83.7 Å². The first kappa shape index (κ1) is 24.0. The van der Waals surface area contributed by atoms with Gasteiger partial charge in [-0.05, 0) is 61.1 Å². The number of rotatable bonds is 9. The zero-order chi connectivity index (χ0) is 24.3. The minimum atomic E-state index is -3.64. The van der Waals surface area contributed by atoms with E-state index in [1.54, 1.807) is 37.8 Å². The molecule has 8 heteroatoms. The molecule has 4 rings (SSSR count). The molecule has 0 aliphatic rings. The third-order valence-corrected chi connectivity index (χ3v) is 7.94. The molecule has 0 bridgehead atoms. The Bertz CT molecular complexity index is 1350. The molecule has 178 valence electrons. The maximum Gasteiger partial charge on any atom is 0.243 e. The lowest BCUT2D eigenvalue weighted by molar-refractivity contribution is 0.315. The van der Waals surface area contributed by atoms with Gasteiger partial charge in [0.1, 0.15) is 11.3 Å². The fourth-order valence-corrected chi connectivity index (χ4v) is 5.64. The van der Waals surface area contributed by atoms with Crippen LogP contribution in [-0.4, -0.2) is 45.7 Å². The van der Waals surface area contributed by atoms with E-state index in [1.807, 2.05) is 37.3 Å². The number of nitrogens with one attached hydrogen (secondary N) is 1. The predicted molar refractivity (Wildman–Crippen MR) is 134 cm³/mol. The van der Waals surface area contributed by atoms with Crippen LogP contribution in [0.2, 0.25) is 0 Å². The molecule has 0 fully saturated rings. The molecule has 7 nitrogen and oxygen atoms in total. The molecule has 34 heavy (non-hydrogen) atoms. The summed E-state index contributed by atoms with van der Waals surface area (Å²) in [5.74, 6) is 1.21. The smallest absolute Gasteiger partial charge is 0.243 e. The normalized spacial score (nSPS) is 13.1. The van der Waals surface area contributed by atoms with Gasteiger partial charge < -0.3 is 4.98 Å². The minimum Gasteiger partial charge on any atom is -0.342 e. The Morgan fingerprint density at radius 1 is 1.03 bits per heavy atom. The summed E-state index contributed by atoms with van der Waals surface area (Å²) < 4.78 is 28.5. The number of H-pyrrole nitrogens is 1. The summed E-state index contributed by atoms with van der Waals surface area (Å²) in [6.07, 6.45) is 7.26. The lowest BCUT2D eigenvalue weighted by Crippen LogP contribution is -2.39. The summed E-state index contributed by atoms with van der Waals surface area (Å²) in [5.41, 5.74) is 4.68. The van der Waals surface area contributed by atoms with E-state index in [0.29, 0.717) is 23.7 Å². The summed E-state index contributed by atoms with van der Waals surface area (Å²) in [4.78, 5) is 16.7. The Hall–Kier alpha value is -3.10. The monoisotopic (exact) mass is 477 g/mol. The van der Waals surface area contributed by atoms with E-state index in [1.165, 1.54) is 4.31 Å². The van der Waals surface area contributed by atoms with Crippen molar-refractivity contribution < 1.29 is 8.42 Å². The highest BCUT2D eigenvalue weighted by molar-refractivity contribution is 7.89. The number of benzene rings is 1. The van der Waals surface area contributed by atoms with Crippen molar-refractivity contribution in [2.24, 2.45) is 5.92 Å². The molecule has 1 aromatic carbocycles. The third-order valence-electron chi connectivity index (χ3n) is 6.02. The summed E-state index contributed by atoms with van der Waals surface area (Å²) in [6, 6.07) is 12.7. The molecule has 4 aromatic rings. The molecular formula is C26H31N5O2S. The standard InChI is InChI=1S/C26H31N5O2S/c1-18(2)14-22(15-21-6-5-12-27-17-21)31(4)34(32,33)23-9-7-20(8-10-23)16-25-26-24(11-13-28-25)29-19(3)30-26/h5-13,17-18,22H,14-16H2,1-4H3,(H,29,30). The third kappa shape index (κ3) is 5.34. The number of pyridine rings is 2. The number of aromatic nitrogens is 4. The van der Waals surface area contributed by atoms with Crippen molar-refractivity contribution in [3.63, 3.8) is 0 Å². The van der Waals surface area contributed by atoms with Crippen molar-refractivity contribution in [2.45, 2.75) is 51.0 Å². The van der Waals surface area contributed by atoms with Crippen LogP contribution in [0.3, 0.4) is 0 Å². The maximum absolute atomic E-state index is 13.5. The molecule has 0 amide bonds. The number of aromatic amines is 1. The summed E-state index contributed by atoms with van der Waals surface area (Å²) in [6.45, 7) is 6.14. The van der Waals surface area contributed by atoms with Crippen LogP contribution in [0.1, 0.15) is 42.9 Å². The Labute approximate surface area is 201 Å². The Balaban J connectivity index is 1.55. The van der Waals surface area contributed by atoms with Crippen LogP contribution >= 0.6 is 0 Å². The molecule has 3 aromatic heterocycles. The fourth-order valence-electron chi connectivity index (χ4n) is 4.27. The van der Waals surface area contributed by atoms with Crippen LogP contribution in [0.15, 0.2) is 66.0 Å². The van der Waals surface area contributed by atoms with Gasteiger partial charge in [0.25, 0.3) is 0 Å². The summed E-state index contributed by atoms with van der Waals surface area (Å²) in [5, 5.41) is 0. The number of sulfonamides is 1. The van der Waals surface area contributed by atoms with Crippen LogP contribution in [0.4, 0.5) is 0 Å². The van der Waals surface area contributed by atoms with E-state index < -0.39 is 10.0 Å². The highest BCUT2D eigenvalue weighted by Crippen LogP contribution is 2.24.